The van der Waals surface area contributed by atoms with Crippen molar-refractivity contribution >= 4 is 23.6 Å². The summed E-state index contributed by atoms with van der Waals surface area (Å²) < 4.78 is 5.71. The minimum absolute atomic E-state index is 0.0749. The van der Waals surface area contributed by atoms with Gasteiger partial charge in [-0.3, -0.25) is 14.8 Å². The number of ether oxygens (including phenoxy) is 1. The van der Waals surface area contributed by atoms with Gasteiger partial charge in [0.2, 0.25) is 11.8 Å². The van der Waals surface area contributed by atoms with Gasteiger partial charge in [-0.15, -0.1) is 0 Å². The van der Waals surface area contributed by atoms with Crippen LogP contribution in [0.5, 0.6) is 0 Å². The Labute approximate surface area is 224 Å². The first-order chi connectivity index (χ1) is 18.5. The summed E-state index contributed by atoms with van der Waals surface area (Å²) in [4.78, 5) is 44.3. The molecular weight excluding hydrogens is 484 g/mol. The minimum atomic E-state index is -0.755. The van der Waals surface area contributed by atoms with Gasteiger partial charge in [-0.2, -0.15) is 0 Å². The number of hydrogen-bond donors (Lipinski definition) is 2. The first-order valence-corrected chi connectivity index (χ1v) is 13.4. The van der Waals surface area contributed by atoms with Gasteiger partial charge in [0.05, 0.1) is 11.8 Å². The largest absolute Gasteiger partial charge is 0.446 e. The number of anilines is 1. The predicted molar refractivity (Wildman–Crippen MR) is 144 cm³/mol. The van der Waals surface area contributed by atoms with Crippen LogP contribution in [0, 0.1) is 11.8 Å². The van der Waals surface area contributed by atoms with Gasteiger partial charge in [0, 0.05) is 45.5 Å². The molecule has 1 aliphatic heterocycles. The fourth-order valence-electron chi connectivity index (χ4n) is 5.45. The highest BCUT2D eigenvalue weighted by Crippen LogP contribution is 2.34. The lowest BCUT2D eigenvalue weighted by atomic mass is 9.76. The summed E-state index contributed by atoms with van der Waals surface area (Å²) in [5.74, 6) is -1.99. The number of hydrogen-bond acceptors (Lipinski definition) is 6. The van der Waals surface area contributed by atoms with Crippen LogP contribution in [0.25, 0.3) is 0 Å². The van der Waals surface area contributed by atoms with Crippen molar-refractivity contribution in [2.75, 3.05) is 44.7 Å². The monoisotopic (exact) mass is 522 g/mol. The molecule has 1 heterocycles. The molecular formula is C29H38N4O5. The van der Waals surface area contributed by atoms with Gasteiger partial charge in [-0.05, 0) is 49.8 Å². The number of nitrogens with one attached hydrogen (secondary N) is 1. The molecule has 4 rings (SSSR count). The lowest BCUT2D eigenvalue weighted by Gasteiger charge is -2.40. The van der Waals surface area contributed by atoms with Crippen molar-refractivity contribution in [3.05, 3.63) is 66.2 Å². The molecule has 2 N–H and O–H groups in total. The van der Waals surface area contributed by atoms with Crippen molar-refractivity contribution in [3.8, 4) is 0 Å². The Morgan fingerprint density at radius 1 is 0.947 bits per heavy atom. The van der Waals surface area contributed by atoms with Gasteiger partial charge < -0.3 is 19.4 Å². The van der Waals surface area contributed by atoms with Crippen LogP contribution in [-0.2, 0) is 20.7 Å². The standard InChI is InChI=1S/C29H38N4O5/c1-31(16-8-11-22-9-4-2-5-10-22)29(36)38-24-14-15-25(26(21-24)27(34)30-37)28(35)33-19-17-32(18-20-33)23-12-6-3-7-13-23/h2-7,9-10,12-13,24-26,37H,8,11,14-21H2,1H3,(H,30,34)/t24?,25-,26?/m0/s1. The zero-order valence-electron chi connectivity index (χ0n) is 22.0. The molecule has 1 saturated heterocycles. The van der Waals surface area contributed by atoms with Crippen LogP contribution in [-0.4, -0.2) is 78.8 Å². The summed E-state index contributed by atoms with van der Waals surface area (Å²) in [7, 11) is 1.70. The number of para-hydroxylation sites is 1. The van der Waals surface area contributed by atoms with Gasteiger partial charge >= 0.3 is 6.09 Å². The van der Waals surface area contributed by atoms with Crippen LogP contribution >= 0.6 is 0 Å². The second kappa shape index (κ2) is 13.3. The van der Waals surface area contributed by atoms with Crippen molar-refractivity contribution in [2.24, 2.45) is 11.8 Å². The number of carbonyl (C=O) groups excluding carboxylic acids is 3. The maximum Gasteiger partial charge on any atom is 0.409 e. The molecule has 3 atom stereocenters. The first kappa shape index (κ1) is 27.4. The summed E-state index contributed by atoms with van der Waals surface area (Å²) >= 11 is 0. The molecule has 1 aliphatic carbocycles. The first-order valence-electron chi connectivity index (χ1n) is 13.4. The molecule has 2 aromatic rings. The molecule has 9 heteroatoms. The average Bonchev–Trinajstić information content (AvgIpc) is 2.97. The fourth-order valence-corrected chi connectivity index (χ4v) is 5.45. The van der Waals surface area contributed by atoms with Gasteiger partial charge in [0.25, 0.3) is 0 Å². The van der Waals surface area contributed by atoms with Crippen molar-refractivity contribution in [1.82, 2.24) is 15.3 Å². The molecule has 2 aliphatic rings. The molecule has 38 heavy (non-hydrogen) atoms. The molecule has 2 fully saturated rings. The van der Waals surface area contributed by atoms with E-state index in [9.17, 15) is 19.6 Å². The van der Waals surface area contributed by atoms with Crippen LogP contribution in [0.15, 0.2) is 60.7 Å². The zero-order valence-corrected chi connectivity index (χ0v) is 22.0. The van der Waals surface area contributed by atoms with Gasteiger partial charge in [-0.1, -0.05) is 48.5 Å². The number of piperazine rings is 1. The van der Waals surface area contributed by atoms with Gasteiger partial charge in [0.1, 0.15) is 6.10 Å². The molecule has 0 bridgehead atoms. The summed E-state index contributed by atoms with van der Waals surface area (Å²) in [5, 5.41) is 9.36. The van der Waals surface area contributed by atoms with Crippen LogP contribution < -0.4 is 10.4 Å². The molecule has 0 radical (unpaired) electrons. The van der Waals surface area contributed by atoms with Crippen LogP contribution in [0.2, 0.25) is 0 Å². The number of nitrogens with zero attached hydrogens (tertiary/aromatic N) is 3. The Bertz CT molecular complexity index is 1060. The van der Waals surface area contributed by atoms with E-state index >= 15 is 0 Å². The number of amides is 3. The Morgan fingerprint density at radius 2 is 1.61 bits per heavy atom. The summed E-state index contributed by atoms with van der Waals surface area (Å²) in [6.07, 6.45) is 1.88. The zero-order chi connectivity index (χ0) is 26.9. The summed E-state index contributed by atoms with van der Waals surface area (Å²) in [6, 6.07) is 20.2. The van der Waals surface area contributed by atoms with E-state index < -0.39 is 29.9 Å². The molecule has 2 aromatic carbocycles. The van der Waals surface area contributed by atoms with Crippen molar-refractivity contribution in [2.45, 2.75) is 38.2 Å². The molecule has 0 aromatic heterocycles. The highest BCUT2D eigenvalue weighted by Gasteiger charge is 2.42. The van der Waals surface area contributed by atoms with E-state index in [1.165, 1.54) is 5.56 Å². The Morgan fingerprint density at radius 3 is 2.26 bits per heavy atom. The van der Waals surface area contributed by atoms with E-state index in [1.54, 1.807) is 17.4 Å². The van der Waals surface area contributed by atoms with E-state index in [-0.39, 0.29) is 12.3 Å². The highest BCUT2D eigenvalue weighted by atomic mass is 16.6. The lowest BCUT2D eigenvalue weighted by Crippen LogP contribution is -2.53. The average molecular weight is 523 g/mol. The number of rotatable bonds is 8. The van der Waals surface area contributed by atoms with Gasteiger partial charge in [-0.25, -0.2) is 10.3 Å². The maximum absolute atomic E-state index is 13.4. The number of hydroxylamine groups is 1. The predicted octanol–water partition coefficient (Wildman–Crippen LogP) is 3.33. The Balaban J connectivity index is 1.27. The summed E-state index contributed by atoms with van der Waals surface area (Å²) in [6.45, 7) is 3.14. The SMILES string of the molecule is CN(CCCc1ccccc1)C(=O)OC1CC[C@H](C(=O)N2CCN(c3ccccc3)CC2)C(C(=O)NO)C1. The molecule has 1 saturated carbocycles. The van der Waals surface area contributed by atoms with Crippen molar-refractivity contribution in [1.29, 1.82) is 0 Å². The third-order valence-corrected chi connectivity index (χ3v) is 7.66. The van der Waals surface area contributed by atoms with E-state index in [2.05, 4.69) is 29.2 Å². The topological polar surface area (TPSA) is 102 Å². The van der Waals surface area contributed by atoms with E-state index in [4.69, 9.17) is 4.74 Å². The third kappa shape index (κ3) is 7.04. The van der Waals surface area contributed by atoms with Gasteiger partial charge in [0.15, 0.2) is 0 Å². The second-order valence-corrected chi connectivity index (χ2v) is 10.2. The quantitative estimate of drug-likeness (QED) is 0.407. The van der Waals surface area contributed by atoms with Crippen LogP contribution in [0.1, 0.15) is 31.2 Å². The van der Waals surface area contributed by atoms with E-state index in [0.717, 1.165) is 31.6 Å². The molecule has 0 spiro atoms. The lowest BCUT2D eigenvalue weighted by molar-refractivity contribution is -0.149. The third-order valence-electron chi connectivity index (χ3n) is 7.66. The van der Waals surface area contributed by atoms with E-state index in [0.29, 0.717) is 32.5 Å². The molecule has 3 amide bonds. The van der Waals surface area contributed by atoms with Crippen LogP contribution in [0.3, 0.4) is 0 Å². The van der Waals surface area contributed by atoms with E-state index in [1.807, 2.05) is 41.3 Å². The smallest absolute Gasteiger partial charge is 0.409 e. The van der Waals surface area contributed by atoms with Crippen molar-refractivity contribution in [3.63, 3.8) is 0 Å². The maximum atomic E-state index is 13.4. The number of carbonyl (C=O) groups is 3. The van der Waals surface area contributed by atoms with Crippen molar-refractivity contribution < 1.29 is 24.3 Å². The fraction of sp³-hybridized carbons (Fsp3) is 0.483. The molecule has 9 nitrogen and oxygen atoms in total. The molecule has 204 valence electrons. The second-order valence-electron chi connectivity index (χ2n) is 10.2. The number of aryl methyl sites for hydroxylation is 1. The highest BCUT2D eigenvalue weighted by molar-refractivity contribution is 5.87. The molecule has 2 unspecified atom stereocenters. The summed E-state index contributed by atoms with van der Waals surface area (Å²) in [5.41, 5.74) is 4.07. The Hall–Kier alpha value is -3.59. The minimum Gasteiger partial charge on any atom is -0.446 e. The Kier molecular flexibility index (Phi) is 9.59. The normalized spacial score (nSPS) is 21.5. The number of benzene rings is 2. The van der Waals surface area contributed by atoms with Crippen LogP contribution in [0.4, 0.5) is 10.5 Å².